The first-order valence-electron chi connectivity index (χ1n) is 4.48. The van der Waals surface area contributed by atoms with Crippen molar-refractivity contribution in [1.29, 1.82) is 0 Å². The average molecular weight is 268 g/mol. The lowest BCUT2D eigenvalue weighted by molar-refractivity contribution is -0.0500. The number of halogens is 2. The summed E-state index contributed by atoms with van der Waals surface area (Å²) in [4.78, 5) is 10.4. The lowest BCUT2D eigenvalue weighted by atomic mass is 10.4. The van der Waals surface area contributed by atoms with E-state index < -0.39 is 18.3 Å². The van der Waals surface area contributed by atoms with E-state index in [0.29, 0.717) is 6.61 Å². The molecule has 1 N–H and O–H groups in total. The molecule has 17 heavy (non-hydrogen) atoms. The third-order valence-corrected chi connectivity index (χ3v) is 2.63. The van der Waals surface area contributed by atoms with Gasteiger partial charge < -0.3 is 19.3 Å². The van der Waals surface area contributed by atoms with E-state index in [1.54, 1.807) is 0 Å². The van der Waals surface area contributed by atoms with Gasteiger partial charge in [-0.1, -0.05) is 11.3 Å². The molecule has 0 spiro atoms. The number of ether oxygens (including phenoxy) is 3. The van der Waals surface area contributed by atoms with Gasteiger partial charge in [-0.3, -0.25) is 0 Å². The van der Waals surface area contributed by atoms with Gasteiger partial charge in [-0.2, -0.15) is 8.78 Å². The van der Waals surface area contributed by atoms with Crippen molar-refractivity contribution in [2.24, 2.45) is 0 Å². The fourth-order valence-electron chi connectivity index (χ4n) is 0.982. The van der Waals surface area contributed by atoms with Gasteiger partial charge in [-0.15, -0.1) is 0 Å². The molecule has 0 saturated carbocycles. The molecular weight excluding hydrogens is 258 g/mol. The Hall–Kier alpha value is -1.41. The lowest BCUT2D eigenvalue weighted by Crippen LogP contribution is -2.04. The first-order valence-corrected chi connectivity index (χ1v) is 5.30. The molecule has 0 atom stereocenters. The summed E-state index contributed by atoms with van der Waals surface area (Å²) >= 11 is 0.724. The maximum absolute atomic E-state index is 12.0. The second kappa shape index (κ2) is 6.36. The van der Waals surface area contributed by atoms with E-state index in [4.69, 9.17) is 14.6 Å². The van der Waals surface area contributed by atoms with E-state index in [-0.39, 0.29) is 16.5 Å². The van der Waals surface area contributed by atoms with Gasteiger partial charge in [-0.25, -0.2) is 4.79 Å². The van der Waals surface area contributed by atoms with Crippen molar-refractivity contribution in [3.63, 3.8) is 0 Å². The first kappa shape index (κ1) is 13.7. The molecule has 96 valence electrons. The second-order valence-electron chi connectivity index (χ2n) is 2.78. The summed E-state index contributed by atoms with van der Waals surface area (Å²) in [5, 5.41) is 8.96. The summed E-state index contributed by atoms with van der Waals surface area (Å²) in [6.07, 6.45) is 0. The van der Waals surface area contributed by atoms with Crippen LogP contribution in [0.25, 0.3) is 0 Å². The van der Waals surface area contributed by atoms with E-state index >= 15 is 0 Å². The maximum atomic E-state index is 12.0. The van der Waals surface area contributed by atoms with Crippen molar-refractivity contribution >= 4 is 17.3 Å². The van der Waals surface area contributed by atoms with Gasteiger partial charge in [0.25, 0.3) is 0 Å². The molecule has 0 aliphatic rings. The van der Waals surface area contributed by atoms with Crippen LogP contribution >= 0.6 is 11.3 Å². The van der Waals surface area contributed by atoms with Gasteiger partial charge in [-0.05, 0) is 0 Å². The van der Waals surface area contributed by atoms with Crippen molar-refractivity contribution in [1.82, 2.24) is 0 Å². The SMILES string of the molecule is COCCOc1cc(OC(F)F)c(C(=O)O)s1. The molecule has 0 bridgehead atoms. The van der Waals surface area contributed by atoms with Gasteiger partial charge in [0.05, 0.1) is 6.61 Å². The highest BCUT2D eigenvalue weighted by molar-refractivity contribution is 7.16. The van der Waals surface area contributed by atoms with E-state index in [1.165, 1.54) is 7.11 Å². The van der Waals surface area contributed by atoms with Gasteiger partial charge in [0.2, 0.25) is 0 Å². The highest BCUT2D eigenvalue weighted by Gasteiger charge is 2.20. The molecule has 0 aromatic carbocycles. The Morgan fingerprint density at radius 3 is 2.76 bits per heavy atom. The summed E-state index contributed by atoms with van der Waals surface area (Å²) < 4.78 is 37.9. The molecule has 0 unspecified atom stereocenters. The monoisotopic (exact) mass is 268 g/mol. The number of hydrogen-bond acceptors (Lipinski definition) is 5. The zero-order valence-electron chi connectivity index (χ0n) is 8.81. The molecule has 5 nitrogen and oxygen atoms in total. The number of methoxy groups -OCH3 is 1. The molecular formula is C9H10F2O5S. The van der Waals surface area contributed by atoms with Gasteiger partial charge in [0.15, 0.2) is 15.7 Å². The summed E-state index contributed by atoms with van der Waals surface area (Å²) in [5.41, 5.74) is 0. The molecule has 0 radical (unpaired) electrons. The van der Waals surface area contributed by atoms with Gasteiger partial charge >= 0.3 is 12.6 Å². The average Bonchev–Trinajstić information content (AvgIpc) is 2.60. The molecule has 0 fully saturated rings. The van der Waals surface area contributed by atoms with Crippen LogP contribution in [-0.4, -0.2) is 38.0 Å². The first-order chi connectivity index (χ1) is 8.04. The van der Waals surface area contributed by atoms with Crippen LogP contribution in [0.4, 0.5) is 8.78 Å². The summed E-state index contributed by atoms with van der Waals surface area (Å²) in [6.45, 7) is -2.57. The summed E-state index contributed by atoms with van der Waals surface area (Å²) in [5.74, 6) is -1.74. The van der Waals surface area contributed by atoms with Crippen LogP contribution in [0.5, 0.6) is 10.8 Å². The molecule has 0 aliphatic heterocycles. The molecule has 0 aliphatic carbocycles. The lowest BCUT2D eigenvalue weighted by Gasteiger charge is -2.01. The molecule has 0 saturated heterocycles. The quantitative estimate of drug-likeness (QED) is 0.767. The highest BCUT2D eigenvalue weighted by Crippen LogP contribution is 2.35. The second-order valence-corrected chi connectivity index (χ2v) is 3.80. The third kappa shape index (κ3) is 4.16. The number of aromatic carboxylic acids is 1. The van der Waals surface area contributed by atoms with Crippen LogP contribution in [-0.2, 0) is 4.74 Å². The fourth-order valence-corrected chi connectivity index (χ4v) is 1.79. The molecule has 1 aromatic heterocycles. The van der Waals surface area contributed by atoms with Crippen LogP contribution in [0.15, 0.2) is 6.07 Å². The minimum Gasteiger partial charge on any atom is -0.481 e. The molecule has 1 aromatic rings. The Morgan fingerprint density at radius 2 is 2.24 bits per heavy atom. The summed E-state index contributed by atoms with van der Waals surface area (Å²) in [6, 6.07) is 1.12. The topological polar surface area (TPSA) is 65.0 Å². The van der Waals surface area contributed by atoms with Crippen LogP contribution in [0.1, 0.15) is 9.67 Å². The van der Waals surface area contributed by atoms with E-state index in [2.05, 4.69) is 4.74 Å². The van der Waals surface area contributed by atoms with Crippen LogP contribution < -0.4 is 9.47 Å². The fraction of sp³-hybridized carbons (Fsp3) is 0.444. The largest absolute Gasteiger partial charge is 0.481 e. The number of rotatable bonds is 7. The predicted octanol–water partition coefficient (Wildman–Crippen LogP) is 2.07. The number of carbonyl (C=O) groups is 1. The number of carboxylic acids is 1. The zero-order valence-corrected chi connectivity index (χ0v) is 9.63. The third-order valence-electron chi connectivity index (χ3n) is 1.62. The predicted molar refractivity (Wildman–Crippen MR) is 55.3 cm³/mol. The Kier molecular flexibility index (Phi) is 5.11. The normalized spacial score (nSPS) is 10.6. The molecule has 1 heterocycles. The molecule has 0 amide bonds. The summed E-state index contributed by atoms with van der Waals surface area (Å²) in [7, 11) is 1.48. The standard InChI is InChI=1S/C9H10F2O5S/c1-14-2-3-15-6-4-5(16-9(10)11)7(17-6)8(12)13/h4,9H,2-3H2,1H3,(H,12,13). The van der Waals surface area contributed by atoms with E-state index in [9.17, 15) is 13.6 Å². The highest BCUT2D eigenvalue weighted by atomic mass is 32.1. The number of carboxylic acid groups (broad SMARTS) is 1. The number of alkyl halides is 2. The minimum atomic E-state index is -3.07. The van der Waals surface area contributed by atoms with Crippen LogP contribution in [0.2, 0.25) is 0 Å². The van der Waals surface area contributed by atoms with E-state index in [1.807, 2.05) is 0 Å². The Labute approximate surface area is 99.5 Å². The van der Waals surface area contributed by atoms with Crippen LogP contribution in [0, 0.1) is 0 Å². The van der Waals surface area contributed by atoms with Gasteiger partial charge in [0.1, 0.15) is 6.61 Å². The Morgan fingerprint density at radius 1 is 1.53 bits per heavy atom. The van der Waals surface area contributed by atoms with Crippen molar-refractivity contribution in [2.45, 2.75) is 6.61 Å². The van der Waals surface area contributed by atoms with Gasteiger partial charge in [0, 0.05) is 13.2 Å². The smallest absolute Gasteiger partial charge is 0.387 e. The van der Waals surface area contributed by atoms with Crippen molar-refractivity contribution in [2.75, 3.05) is 20.3 Å². The molecule has 1 rings (SSSR count). The van der Waals surface area contributed by atoms with Crippen molar-refractivity contribution in [3.05, 3.63) is 10.9 Å². The number of hydrogen-bond donors (Lipinski definition) is 1. The Bertz CT molecular complexity index is 379. The Balaban J connectivity index is 2.76. The van der Waals surface area contributed by atoms with Crippen molar-refractivity contribution in [3.8, 4) is 10.8 Å². The minimum absolute atomic E-state index is 0.190. The van der Waals surface area contributed by atoms with E-state index in [0.717, 1.165) is 17.4 Å². The van der Waals surface area contributed by atoms with Crippen LogP contribution in [0.3, 0.4) is 0 Å². The molecule has 8 heteroatoms. The number of thiophene rings is 1. The zero-order chi connectivity index (χ0) is 12.8. The maximum Gasteiger partial charge on any atom is 0.387 e. The van der Waals surface area contributed by atoms with Crippen molar-refractivity contribution < 1.29 is 32.9 Å².